The van der Waals surface area contributed by atoms with Crippen molar-refractivity contribution >= 4 is 33.6 Å². The lowest BCUT2D eigenvalue weighted by atomic mass is 10.1. The SMILES string of the molecule is CCc1cccc(C)c1NC(=O)/C=C/c1cc(Br)ccc1F. The van der Waals surface area contributed by atoms with E-state index in [0.717, 1.165) is 27.7 Å². The molecule has 1 N–H and O–H groups in total. The summed E-state index contributed by atoms with van der Waals surface area (Å²) in [5.74, 6) is -0.638. The third-order valence-corrected chi connectivity index (χ3v) is 3.85. The van der Waals surface area contributed by atoms with Crippen molar-refractivity contribution in [1.82, 2.24) is 0 Å². The van der Waals surface area contributed by atoms with Crippen molar-refractivity contribution in [2.24, 2.45) is 0 Å². The Morgan fingerprint density at radius 2 is 2.09 bits per heavy atom. The van der Waals surface area contributed by atoms with Crippen molar-refractivity contribution in [2.75, 3.05) is 5.32 Å². The summed E-state index contributed by atoms with van der Waals surface area (Å²) in [7, 11) is 0. The zero-order valence-electron chi connectivity index (χ0n) is 12.5. The van der Waals surface area contributed by atoms with Gasteiger partial charge in [0.15, 0.2) is 0 Å². The molecule has 0 bridgehead atoms. The number of benzene rings is 2. The fourth-order valence-electron chi connectivity index (χ4n) is 2.17. The van der Waals surface area contributed by atoms with Crippen LogP contribution in [0.1, 0.15) is 23.6 Å². The molecule has 0 heterocycles. The number of halogens is 2. The second-order valence-corrected chi connectivity index (χ2v) is 5.87. The van der Waals surface area contributed by atoms with Crippen LogP contribution in [0.5, 0.6) is 0 Å². The molecule has 0 aliphatic heterocycles. The van der Waals surface area contributed by atoms with Crippen LogP contribution in [-0.4, -0.2) is 5.91 Å². The Hall–Kier alpha value is -1.94. The van der Waals surface area contributed by atoms with Gasteiger partial charge in [0, 0.05) is 21.8 Å². The highest BCUT2D eigenvalue weighted by molar-refractivity contribution is 9.10. The molecule has 2 aromatic carbocycles. The number of carbonyl (C=O) groups excluding carboxylic acids is 1. The summed E-state index contributed by atoms with van der Waals surface area (Å²) in [4.78, 5) is 12.1. The number of amides is 1. The number of hydrogen-bond acceptors (Lipinski definition) is 1. The molecule has 2 rings (SSSR count). The van der Waals surface area contributed by atoms with E-state index in [1.54, 1.807) is 12.1 Å². The molecule has 0 spiro atoms. The highest BCUT2D eigenvalue weighted by Gasteiger charge is 2.07. The second kappa shape index (κ2) is 7.36. The maximum absolute atomic E-state index is 13.6. The van der Waals surface area contributed by atoms with Gasteiger partial charge in [-0.3, -0.25) is 4.79 Å². The Labute approximate surface area is 138 Å². The highest BCUT2D eigenvalue weighted by Crippen LogP contribution is 2.21. The zero-order valence-corrected chi connectivity index (χ0v) is 14.1. The van der Waals surface area contributed by atoms with E-state index in [0.29, 0.717) is 5.56 Å². The lowest BCUT2D eigenvalue weighted by Gasteiger charge is -2.11. The monoisotopic (exact) mass is 361 g/mol. The van der Waals surface area contributed by atoms with E-state index < -0.39 is 0 Å². The molecule has 22 heavy (non-hydrogen) atoms. The topological polar surface area (TPSA) is 29.1 Å². The Balaban J connectivity index is 2.17. The predicted octanol–water partition coefficient (Wildman–Crippen LogP) is 5.11. The Morgan fingerprint density at radius 1 is 1.32 bits per heavy atom. The van der Waals surface area contributed by atoms with Crippen molar-refractivity contribution < 1.29 is 9.18 Å². The van der Waals surface area contributed by atoms with Crippen LogP contribution in [0.4, 0.5) is 10.1 Å². The molecule has 0 radical (unpaired) electrons. The molecule has 0 aromatic heterocycles. The van der Waals surface area contributed by atoms with Crippen molar-refractivity contribution in [3.63, 3.8) is 0 Å². The predicted molar refractivity (Wildman–Crippen MR) is 92.3 cm³/mol. The fraction of sp³-hybridized carbons (Fsp3) is 0.167. The first kappa shape index (κ1) is 16.4. The van der Waals surface area contributed by atoms with E-state index in [1.165, 1.54) is 18.2 Å². The molecule has 2 nitrogen and oxygen atoms in total. The lowest BCUT2D eigenvalue weighted by Crippen LogP contribution is -2.11. The largest absolute Gasteiger partial charge is 0.322 e. The zero-order chi connectivity index (χ0) is 16.1. The normalized spacial score (nSPS) is 10.9. The minimum atomic E-state index is -0.364. The third kappa shape index (κ3) is 4.04. The first-order valence-electron chi connectivity index (χ1n) is 7.04. The molecule has 0 saturated heterocycles. The van der Waals surface area contributed by atoms with Crippen molar-refractivity contribution in [1.29, 1.82) is 0 Å². The lowest BCUT2D eigenvalue weighted by molar-refractivity contribution is -0.111. The summed E-state index contributed by atoms with van der Waals surface area (Å²) in [5.41, 5.74) is 3.28. The van der Waals surface area contributed by atoms with Gasteiger partial charge in [-0.1, -0.05) is 41.1 Å². The maximum atomic E-state index is 13.6. The van der Waals surface area contributed by atoms with Crippen LogP contribution >= 0.6 is 15.9 Å². The van der Waals surface area contributed by atoms with Gasteiger partial charge in [0.05, 0.1) is 0 Å². The first-order valence-corrected chi connectivity index (χ1v) is 7.83. The number of aryl methyl sites for hydroxylation is 2. The minimum absolute atomic E-state index is 0.275. The molecule has 0 fully saturated rings. The number of nitrogens with one attached hydrogen (secondary N) is 1. The number of hydrogen-bond donors (Lipinski definition) is 1. The van der Waals surface area contributed by atoms with Crippen LogP contribution in [0.15, 0.2) is 46.9 Å². The molecule has 0 unspecified atom stereocenters. The molecule has 0 atom stereocenters. The number of rotatable bonds is 4. The van der Waals surface area contributed by atoms with Gasteiger partial charge in [0.2, 0.25) is 5.91 Å². The van der Waals surface area contributed by atoms with E-state index in [1.807, 2.05) is 32.0 Å². The molecular formula is C18H17BrFNO. The van der Waals surface area contributed by atoms with E-state index in [2.05, 4.69) is 21.2 Å². The van der Waals surface area contributed by atoms with E-state index in [-0.39, 0.29) is 11.7 Å². The molecule has 0 aliphatic rings. The molecule has 2 aromatic rings. The van der Waals surface area contributed by atoms with Gasteiger partial charge in [0.1, 0.15) is 5.82 Å². The van der Waals surface area contributed by atoms with Gasteiger partial charge in [-0.25, -0.2) is 4.39 Å². The van der Waals surface area contributed by atoms with E-state index in [4.69, 9.17) is 0 Å². The van der Waals surface area contributed by atoms with Gasteiger partial charge in [-0.15, -0.1) is 0 Å². The smallest absolute Gasteiger partial charge is 0.248 e. The van der Waals surface area contributed by atoms with Crippen LogP contribution in [0.2, 0.25) is 0 Å². The molecule has 114 valence electrons. The first-order chi connectivity index (χ1) is 10.5. The standard InChI is InChI=1S/C18H17BrFNO/c1-3-13-6-4-5-12(2)18(13)21-17(22)10-7-14-11-15(19)8-9-16(14)20/h4-11H,3H2,1-2H3,(H,21,22)/b10-7+. The average molecular weight is 362 g/mol. The van der Waals surface area contributed by atoms with Crippen molar-refractivity contribution in [2.45, 2.75) is 20.3 Å². The van der Waals surface area contributed by atoms with Crippen LogP contribution in [0.3, 0.4) is 0 Å². The average Bonchev–Trinajstić information content (AvgIpc) is 2.50. The summed E-state index contributed by atoms with van der Waals surface area (Å²) in [6.07, 6.45) is 3.65. The highest BCUT2D eigenvalue weighted by atomic mass is 79.9. The second-order valence-electron chi connectivity index (χ2n) is 4.95. The molecular weight excluding hydrogens is 345 g/mol. The fourth-order valence-corrected chi connectivity index (χ4v) is 2.55. The number of anilines is 1. The summed E-state index contributed by atoms with van der Waals surface area (Å²) in [6.45, 7) is 3.99. The van der Waals surface area contributed by atoms with Crippen LogP contribution in [-0.2, 0) is 11.2 Å². The summed E-state index contributed by atoms with van der Waals surface area (Å²) >= 11 is 3.28. The van der Waals surface area contributed by atoms with Crippen LogP contribution in [0.25, 0.3) is 6.08 Å². The van der Waals surface area contributed by atoms with Crippen molar-refractivity contribution in [3.05, 3.63) is 69.5 Å². The van der Waals surface area contributed by atoms with Gasteiger partial charge in [-0.2, -0.15) is 0 Å². The van der Waals surface area contributed by atoms with Gasteiger partial charge in [-0.05, 0) is 48.7 Å². The Kier molecular flexibility index (Phi) is 5.50. The third-order valence-electron chi connectivity index (χ3n) is 3.36. The summed E-state index contributed by atoms with van der Waals surface area (Å²) in [5, 5.41) is 2.87. The number of para-hydroxylation sites is 1. The number of carbonyl (C=O) groups is 1. The minimum Gasteiger partial charge on any atom is -0.322 e. The molecule has 0 saturated carbocycles. The van der Waals surface area contributed by atoms with Gasteiger partial charge in [0.25, 0.3) is 0 Å². The van der Waals surface area contributed by atoms with Gasteiger partial charge >= 0.3 is 0 Å². The Morgan fingerprint density at radius 3 is 2.82 bits per heavy atom. The van der Waals surface area contributed by atoms with Gasteiger partial charge < -0.3 is 5.32 Å². The van der Waals surface area contributed by atoms with E-state index in [9.17, 15) is 9.18 Å². The van der Waals surface area contributed by atoms with Crippen LogP contribution in [0, 0.1) is 12.7 Å². The van der Waals surface area contributed by atoms with E-state index >= 15 is 0 Å². The molecule has 1 amide bonds. The molecule has 4 heteroatoms. The van der Waals surface area contributed by atoms with Crippen LogP contribution < -0.4 is 5.32 Å². The summed E-state index contributed by atoms with van der Waals surface area (Å²) in [6, 6.07) is 10.5. The molecule has 0 aliphatic carbocycles. The summed E-state index contributed by atoms with van der Waals surface area (Å²) < 4.78 is 14.4. The maximum Gasteiger partial charge on any atom is 0.248 e. The quantitative estimate of drug-likeness (QED) is 0.753. The van der Waals surface area contributed by atoms with Crippen molar-refractivity contribution in [3.8, 4) is 0 Å². The Bertz CT molecular complexity index is 725.